The average molecular weight is 434 g/mol. The SMILES string of the molecule is CNc1cc(F)cc2c1[nH]c1nc(Oc3cnc(C)nc3)nc(N3C[C@@H]4CCN[C@@H]4C3)c12. The molecule has 0 saturated carbocycles. The van der Waals surface area contributed by atoms with Crippen LogP contribution in [0.1, 0.15) is 12.2 Å². The molecule has 0 unspecified atom stereocenters. The van der Waals surface area contributed by atoms with Crippen LogP contribution in [-0.4, -0.2) is 57.6 Å². The minimum atomic E-state index is -0.314. The van der Waals surface area contributed by atoms with Crippen molar-refractivity contribution in [3.05, 3.63) is 36.2 Å². The summed E-state index contributed by atoms with van der Waals surface area (Å²) < 4.78 is 20.3. The van der Waals surface area contributed by atoms with E-state index in [0.29, 0.717) is 34.9 Å². The number of ether oxygens (including phenoxy) is 1. The topological polar surface area (TPSA) is 104 Å². The first kappa shape index (κ1) is 19.2. The lowest BCUT2D eigenvalue weighted by molar-refractivity contribution is 0.439. The molecule has 0 spiro atoms. The van der Waals surface area contributed by atoms with Gasteiger partial charge in [0.1, 0.15) is 23.1 Å². The summed E-state index contributed by atoms with van der Waals surface area (Å²) >= 11 is 0. The number of aryl methyl sites for hydroxylation is 1. The summed E-state index contributed by atoms with van der Waals surface area (Å²) in [4.78, 5) is 23.3. The maximum atomic E-state index is 14.4. The Kier molecular flexibility index (Phi) is 4.35. The van der Waals surface area contributed by atoms with Gasteiger partial charge in [0.15, 0.2) is 5.75 Å². The van der Waals surface area contributed by atoms with Crippen molar-refractivity contribution in [2.24, 2.45) is 5.92 Å². The van der Waals surface area contributed by atoms with Crippen LogP contribution in [0.3, 0.4) is 0 Å². The lowest BCUT2D eigenvalue weighted by Crippen LogP contribution is -2.30. The average Bonchev–Trinajstić information content (AvgIpc) is 3.47. The monoisotopic (exact) mass is 434 g/mol. The van der Waals surface area contributed by atoms with Crippen LogP contribution < -0.4 is 20.3 Å². The number of halogens is 1. The highest BCUT2D eigenvalue weighted by molar-refractivity contribution is 6.14. The van der Waals surface area contributed by atoms with E-state index in [1.165, 1.54) is 12.1 Å². The molecule has 2 aliphatic heterocycles. The first-order valence-corrected chi connectivity index (χ1v) is 10.7. The highest BCUT2D eigenvalue weighted by Gasteiger charge is 2.37. The molecule has 2 atom stereocenters. The van der Waals surface area contributed by atoms with Gasteiger partial charge >= 0.3 is 6.01 Å². The second-order valence-corrected chi connectivity index (χ2v) is 8.39. The molecular weight excluding hydrogens is 411 g/mol. The number of benzene rings is 1. The maximum Gasteiger partial charge on any atom is 0.326 e. The van der Waals surface area contributed by atoms with E-state index >= 15 is 0 Å². The number of aromatic nitrogens is 5. The fraction of sp³-hybridized carbons (Fsp3) is 0.364. The van der Waals surface area contributed by atoms with Crippen molar-refractivity contribution in [1.29, 1.82) is 0 Å². The van der Waals surface area contributed by atoms with E-state index in [-0.39, 0.29) is 11.8 Å². The van der Waals surface area contributed by atoms with E-state index in [4.69, 9.17) is 9.72 Å². The summed E-state index contributed by atoms with van der Waals surface area (Å²) in [6.07, 6.45) is 4.34. The van der Waals surface area contributed by atoms with Crippen molar-refractivity contribution in [2.75, 3.05) is 36.9 Å². The standard InChI is InChI=1S/C22H23FN8O/c1-11-26-7-14(8-27-11)32-22-29-20-18(15-5-13(23)6-16(24-2)19(15)28-20)21(30-22)31-9-12-3-4-25-17(12)10-31/h5-8,12,17,24-25H,3-4,9-10H2,1-2H3,(H,28,29,30)/t12-,17+/m0/s1. The van der Waals surface area contributed by atoms with E-state index in [1.54, 1.807) is 19.4 Å². The van der Waals surface area contributed by atoms with Gasteiger partial charge in [-0.25, -0.2) is 14.4 Å². The van der Waals surface area contributed by atoms with Gasteiger partial charge in [0.05, 0.1) is 29.0 Å². The Labute approximate surface area is 183 Å². The molecule has 1 aromatic carbocycles. The van der Waals surface area contributed by atoms with Crippen molar-refractivity contribution in [3.8, 4) is 11.8 Å². The van der Waals surface area contributed by atoms with Crippen LogP contribution in [-0.2, 0) is 0 Å². The zero-order valence-electron chi connectivity index (χ0n) is 17.8. The zero-order chi connectivity index (χ0) is 21.8. The Morgan fingerprint density at radius 3 is 2.81 bits per heavy atom. The van der Waals surface area contributed by atoms with Gasteiger partial charge in [-0.3, -0.25) is 0 Å². The van der Waals surface area contributed by atoms with Crippen molar-refractivity contribution >= 4 is 33.4 Å². The van der Waals surface area contributed by atoms with E-state index in [0.717, 1.165) is 48.2 Å². The predicted octanol–water partition coefficient (Wildman–Crippen LogP) is 2.98. The number of nitrogens with zero attached hydrogens (tertiary/aromatic N) is 5. The van der Waals surface area contributed by atoms with Gasteiger partial charge in [-0.1, -0.05) is 0 Å². The highest BCUT2D eigenvalue weighted by Crippen LogP contribution is 2.39. The number of fused-ring (bicyclic) bond motifs is 4. The molecular formula is C22H23FN8O. The van der Waals surface area contributed by atoms with Crippen LogP contribution in [0.2, 0.25) is 0 Å². The van der Waals surface area contributed by atoms with Gasteiger partial charge < -0.3 is 25.3 Å². The number of H-pyrrole nitrogens is 1. The van der Waals surface area contributed by atoms with Gasteiger partial charge in [0, 0.05) is 31.6 Å². The van der Waals surface area contributed by atoms with Crippen molar-refractivity contribution in [2.45, 2.75) is 19.4 Å². The molecule has 0 amide bonds. The van der Waals surface area contributed by atoms with E-state index in [9.17, 15) is 4.39 Å². The van der Waals surface area contributed by atoms with Crippen LogP contribution in [0, 0.1) is 18.7 Å². The van der Waals surface area contributed by atoms with Gasteiger partial charge in [0.2, 0.25) is 0 Å². The molecule has 9 nitrogen and oxygen atoms in total. The third-order valence-corrected chi connectivity index (χ3v) is 6.38. The van der Waals surface area contributed by atoms with Crippen molar-refractivity contribution < 1.29 is 9.13 Å². The summed E-state index contributed by atoms with van der Waals surface area (Å²) in [5.74, 6) is 2.12. The first-order valence-electron chi connectivity index (χ1n) is 10.7. The molecule has 2 aliphatic rings. The summed E-state index contributed by atoms with van der Waals surface area (Å²) in [5.41, 5.74) is 2.05. The molecule has 4 aromatic rings. The zero-order valence-corrected chi connectivity index (χ0v) is 17.8. The maximum absolute atomic E-state index is 14.4. The fourth-order valence-corrected chi connectivity index (χ4v) is 4.86. The van der Waals surface area contributed by atoms with Crippen LogP contribution in [0.15, 0.2) is 24.5 Å². The van der Waals surface area contributed by atoms with Crippen LogP contribution in [0.25, 0.3) is 21.9 Å². The van der Waals surface area contributed by atoms with Crippen LogP contribution >= 0.6 is 0 Å². The van der Waals surface area contributed by atoms with Gasteiger partial charge in [-0.05, 0) is 37.9 Å². The van der Waals surface area contributed by atoms with E-state index < -0.39 is 0 Å². The van der Waals surface area contributed by atoms with Crippen molar-refractivity contribution in [3.63, 3.8) is 0 Å². The van der Waals surface area contributed by atoms with E-state index in [2.05, 4.69) is 35.5 Å². The summed E-state index contributed by atoms with van der Waals surface area (Å²) in [7, 11) is 1.77. The quantitative estimate of drug-likeness (QED) is 0.450. The van der Waals surface area contributed by atoms with E-state index in [1.807, 2.05) is 6.92 Å². The summed E-state index contributed by atoms with van der Waals surface area (Å²) in [5, 5.41) is 8.18. The molecule has 10 heteroatoms. The molecule has 32 heavy (non-hydrogen) atoms. The first-order chi connectivity index (χ1) is 15.6. The molecule has 2 fully saturated rings. The number of hydrogen-bond donors (Lipinski definition) is 3. The summed E-state index contributed by atoms with van der Waals surface area (Å²) in [6, 6.07) is 3.63. The van der Waals surface area contributed by atoms with Gasteiger partial charge in [-0.15, -0.1) is 0 Å². The third kappa shape index (κ3) is 3.10. The van der Waals surface area contributed by atoms with Crippen LogP contribution in [0.4, 0.5) is 15.9 Å². The largest absolute Gasteiger partial charge is 0.421 e. The van der Waals surface area contributed by atoms with Crippen LogP contribution in [0.5, 0.6) is 11.8 Å². The molecule has 0 aliphatic carbocycles. The lowest BCUT2D eigenvalue weighted by atomic mass is 10.1. The molecule has 3 N–H and O–H groups in total. The Balaban J connectivity index is 1.53. The Bertz CT molecular complexity index is 1310. The molecule has 5 heterocycles. The molecule has 164 valence electrons. The fourth-order valence-electron chi connectivity index (χ4n) is 4.86. The second-order valence-electron chi connectivity index (χ2n) is 8.39. The molecule has 6 rings (SSSR count). The minimum absolute atomic E-state index is 0.197. The molecule has 0 bridgehead atoms. The number of anilines is 2. The summed E-state index contributed by atoms with van der Waals surface area (Å²) in [6.45, 7) is 4.59. The van der Waals surface area contributed by atoms with Gasteiger partial charge in [-0.2, -0.15) is 9.97 Å². The second kappa shape index (κ2) is 7.27. The molecule has 0 radical (unpaired) electrons. The number of hydrogen-bond acceptors (Lipinski definition) is 8. The highest BCUT2D eigenvalue weighted by atomic mass is 19.1. The third-order valence-electron chi connectivity index (χ3n) is 6.38. The number of aromatic amines is 1. The number of rotatable bonds is 4. The van der Waals surface area contributed by atoms with Crippen molar-refractivity contribution in [1.82, 2.24) is 30.2 Å². The minimum Gasteiger partial charge on any atom is -0.421 e. The Morgan fingerprint density at radius 2 is 2.03 bits per heavy atom. The smallest absolute Gasteiger partial charge is 0.326 e. The molecule has 3 aromatic heterocycles. The Morgan fingerprint density at radius 1 is 1.19 bits per heavy atom. The lowest BCUT2D eigenvalue weighted by Gasteiger charge is -2.20. The number of nitrogens with one attached hydrogen (secondary N) is 3. The Hall–Kier alpha value is -3.53. The van der Waals surface area contributed by atoms with Gasteiger partial charge in [0.25, 0.3) is 0 Å². The molecule has 2 saturated heterocycles. The predicted molar refractivity (Wildman–Crippen MR) is 120 cm³/mol. The normalized spacial score (nSPS) is 20.3.